The van der Waals surface area contributed by atoms with Gasteiger partial charge in [0.15, 0.2) is 0 Å². The summed E-state index contributed by atoms with van der Waals surface area (Å²) in [6, 6.07) is 0. The summed E-state index contributed by atoms with van der Waals surface area (Å²) in [4.78, 5) is 21.1. The number of amides is 1. The maximum absolute atomic E-state index is 12.7. The molecule has 0 radical (unpaired) electrons. The second-order valence-corrected chi connectivity index (χ2v) is 5.93. The van der Waals surface area contributed by atoms with Gasteiger partial charge in [0.2, 0.25) is 0 Å². The third kappa shape index (κ3) is 3.08. The lowest BCUT2D eigenvalue weighted by Crippen LogP contribution is -2.35. The van der Waals surface area contributed by atoms with Crippen molar-refractivity contribution in [2.75, 3.05) is 38.1 Å². The lowest BCUT2D eigenvalue weighted by Gasteiger charge is -2.21. The highest BCUT2D eigenvalue weighted by molar-refractivity contribution is 9.09. The molecule has 1 aliphatic rings. The molecule has 112 valence electrons. The second-order valence-electron chi connectivity index (χ2n) is 5.14. The minimum absolute atomic E-state index is 0.0543. The first-order chi connectivity index (χ1) is 10.3. The Hall–Kier alpha value is -1.47. The molecule has 0 atom stereocenters. The van der Waals surface area contributed by atoms with Crippen LogP contribution >= 0.6 is 15.9 Å². The third-order valence-corrected chi connectivity index (χ3v) is 4.19. The summed E-state index contributed by atoms with van der Waals surface area (Å²) in [5.74, 6) is 0.0543. The predicted molar refractivity (Wildman–Crippen MR) is 83.7 cm³/mol. The summed E-state index contributed by atoms with van der Waals surface area (Å²) >= 11 is 3.47. The van der Waals surface area contributed by atoms with Gasteiger partial charge in [-0.2, -0.15) is 5.10 Å². The normalized spacial score (nSPS) is 17.1. The molecule has 3 heterocycles. The molecule has 21 heavy (non-hydrogen) atoms. The number of rotatable bonds is 3. The molecular weight excluding hydrogens is 334 g/mol. The van der Waals surface area contributed by atoms with E-state index in [4.69, 9.17) is 0 Å². The van der Waals surface area contributed by atoms with Crippen molar-refractivity contribution >= 4 is 27.4 Å². The largest absolute Gasteiger partial charge is 0.337 e. The molecule has 1 amide bonds. The first-order valence-electron chi connectivity index (χ1n) is 7.14. The van der Waals surface area contributed by atoms with Crippen LogP contribution in [0.3, 0.4) is 0 Å². The number of aromatic nitrogens is 3. The minimum atomic E-state index is 0.0543. The van der Waals surface area contributed by atoms with Gasteiger partial charge < -0.3 is 9.80 Å². The van der Waals surface area contributed by atoms with Gasteiger partial charge in [-0.15, -0.1) is 0 Å². The molecular formula is C14H18BrN5O. The molecule has 0 aromatic carbocycles. The van der Waals surface area contributed by atoms with Crippen molar-refractivity contribution in [2.45, 2.75) is 6.42 Å². The monoisotopic (exact) mass is 351 g/mol. The van der Waals surface area contributed by atoms with E-state index >= 15 is 0 Å². The summed E-state index contributed by atoms with van der Waals surface area (Å²) in [6.07, 6.45) is 7.76. The Morgan fingerprint density at radius 3 is 3.00 bits per heavy atom. The quantitative estimate of drug-likeness (QED) is 0.781. The van der Waals surface area contributed by atoms with Crippen molar-refractivity contribution in [3.05, 3.63) is 30.4 Å². The molecule has 1 fully saturated rings. The van der Waals surface area contributed by atoms with Crippen molar-refractivity contribution in [1.29, 1.82) is 0 Å². The lowest BCUT2D eigenvalue weighted by molar-refractivity contribution is 0.0763. The number of halogens is 1. The van der Waals surface area contributed by atoms with Crippen molar-refractivity contribution in [3.8, 4) is 0 Å². The second kappa shape index (κ2) is 6.53. The first-order valence-corrected chi connectivity index (χ1v) is 8.26. The molecule has 3 rings (SSSR count). The maximum atomic E-state index is 12.7. The number of carbonyl (C=O) groups excluding carboxylic acids is 1. The molecule has 2 aromatic heterocycles. The van der Waals surface area contributed by atoms with E-state index in [1.165, 1.54) is 0 Å². The minimum Gasteiger partial charge on any atom is -0.337 e. The highest BCUT2D eigenvalue weighted by atomic mass is 79.9. The fourth-order valence-electron chi connectivity index (χ4n) is 2.69. The van der Waals surface area contributed by atoms with Gasteiger partial charge in [-0.3, -0.25) is 9.78 Å². The molecule has 0 spiro atoms. The van der Waals surface area contributed by atoms with Crippen LogP contribution < -0.4 is 0 Å². The van der Waals surface area contributed by atoms with Crippen LogP contribution in [0.4, 0.5) is 0 Å². The Kier molecular flexibility index (Phi) is 4.50. The first kappa shape index (κ1) is 14.5. The molecule has 0 N–H and O–H groups in total. The van der Waals surface area contributed by atoms with Gasteiger partial charge in [0.05, 0.1) is 23.5 Å². The summed E-state index contributed by atoms with van der Waals surface area (Å²) in [6.45, 7) is 4.57. The average Bonchev–Trinajstić information content (AvgIpc) is 2.80. The van der Waals surface area contributed by atoms with Gasteiger partial charge in [-0.25, -0.2) is 4.52 Å². The van der Waals surface area contributed by atoms with Gasteiger partial charge >= 0.3 is 0 Å². The number of carbonyl (C=O) groups is 1. The third-order valence-electron chi connectivity index (χ3n) is 3.83. The highest BCUT2D eigenvalue weighted by Crippen LogP contribution is 2.14. The van der Waals surface area contributed by atoms with Crippen LogP contribution in [0.5, 0.6) is 0 Å². The topological polar surface area (TPSA) is 53.7 Å². The predicted octanol–water partition coefficient (Wildman–Crippen LogP) is 1.27. The number of alkyl halides is 1. The molecule has 0 saturated carbocycles. The number of fused-ring (bicyclic) bond motifs is 1. The van der Waals surface area contributed by atoms with E-state index in [0.717, 1.165) is 50.0 Å². The van der Waals surface area contributed by atoms with Crippen LogP contribution in [0, 0.1) is 0 Å². The molecule has 0 aliphatic carbocycles. The molecule has 0 bridgehead atoms. The Morgan fingerprint density at radius 1 is 1.24 bits per heavy atom. The van der Waals surface area contributed by atoms with E-state index in [9.17, 15) is 4.79 Å². The SMILES string of the molecule is O=C(c1cnn2ccncc12)N1CCCN(CCBr)CC1. The van der Waals surface area contributed by atoms with Gasteiger partial charge in [0, 0.05) is 43.9 Å². The van der Waals surface area contributed by atoms with Crippen LogP contribution in [0.15, 0.2) is 24.8 Å². The van der Waals surface area contributed by atoms with Crippen molar-refractivity contribution in [3.63, 3.8) is 0 Å². The summed E-state index contributed by atoms with van der Waals surface area (Å²) in [5.41, 5.74) is 1.40. The van der Waals surface area contributed by atoms with Gasteiger partial charge in [-0.1, -0.05) is 15.9 Å². The molecule has 6 nitrogen and oxygen atoms in total. The molecule has 1 aliphatic heterocycles. The van der Waals surface area contributed by atoms with E-state index in [1.54, 1.807) is 29.3 Å². The summed E-state index contributed by atoms with van der Waals surface area (Å²) in [5, 5.41) is 5.19. The fourth-order valence-corrected chi connectivity index (χ4v) is 3.19. The lowest BCUT2D eigenvalue weighted by atomic mass is 10.2. The zero-order valence-electron chi connectivity index (χ0n) is 11.8. The maximum Gasteiger partial charge on any atom is 0.257 e. The van der Waals surface area contributed by atoms with Crippen LogP contribution in [0.2, 0.25) is 0 Å². The number of hydrogen-bond acceptors (Lipinski definition) is 4. The molecule has 2 aromatic rings. The zero-order chi connectivity index (χ0) is 14.7. The van der Waals surface area contributed by atoms with E-state index < -0.39 is 0 Å². The Morgan fingerprint density at radius 2 is 2.14 bits per heavy atom. The van der Waals surface area contributed by atoms with E-state index in [0.29, 0.717) is 5.56 Å². The Bertz CT molecular complexity index is 629. The zero-order valence-corrected chi connectivity index (χ0v) is 13.4. The number of hydrogen-bond donors (Lipinski definition) is 0. The summed E-state index contributed by atoms with van der Waals surface area (Å²) < 4.78 is 1.69. The van der Waals surface area contributed by atoms with E-state index in [-0.39, 0.29) is 5.91 Å². The van der Waals surface area contributed by atoms with E-state index in [2.05, 4.69) is 30.9 Å². The van der Waals surface area contributed by atoms with Crippen LogP contribution in [-0.4, -0.2) is 68.4 Å². The number of nitrogens with zero attached hydrogens (tertiary/aromatic N) is 5. The van der Waals surface area contributed by atoms with Gasteiger partial charge in [0.1, 0.15) is 0 Å². The van der Waals surface area contributed by atoms with Crippen LogP contribution in [0.1, 0.15) is 16.8 Å². The van der Waals surface area contributed by atoms with Crippen LogP contribution in [-0.2, 0) is 0 Å². The van der Waals surface area contributed by atoms with Crippen molar-refractivity contribution in [1.82, 2.24) is 24.4 Å². The standard InChI is InChI=1S/C14H18BrN5O/c15-2-6-18-4-1-5-19(9-8-18)14(21)12-10-17-20-7-3-16-11-13(12)20/h3,7,10-11H,1-2,4-6,8-9H2. The molecule has 1 saturated heterocycles. The van der Waals surface area contributed by atoms with Crippen molar-refractivity contribution < 1.29 is 4.79 Å². The Labute approximate surface area is 131 Å². The van der Waals surface area contributed by atoms with Gasteiger partial charge in [0.25, 0.3) is 5.91 Å². The highest BCUT2D eigenvalue weighted by Gasteiger charge is 2.22. The van der Waals surface area contributed by atoms with Gasteiger partial charge in [-0.05, 0) is 13.0 Å². The summed E-state index contributed by atoms with van der Waals surface area (Å²) in [7, 11) is 0. The Balaban J connectivity index is 1.76. The van der Waals surface area contributed by atoms with E-state index in [1.807, 2.05) is 4.90 Å². The van der Waals surface area contributed by atoms with Crippen LogP contribution in [0.25, 0.3) is 5.52 Å². The molecule has 0 unspecified atom stereocenters. The van der Waals surface area contributed by atoms with Crippen molar-refractivity contribution in [2.24, 2.45) is 0 Å². The average molecular weight is 352 g/mol. The smallest absolute Gasteiger partial charge is 0.257 e. The fraction of sp³-hybridized carbons (Fsp3) is 0.500. The molecule has 7 heteroatoms.